The molecule has 108 valence electrons. The fourth-order valence-corrected chi connectivity index (χ4v) is 2.16. The van der Waals surface area contributed by atoms with Gasteiger partial charge in [-0.3, -0.25) is 19.3 Å². The summed E-state index contributed by atoms with van der Waals surface area (Å²) in [5, 5.41) is 2.78. The summed E-state index contributed by atoms with van der Waals surface area (Å²) in [7, 11) is 0. The number of rotatable bonds is 5. The lowest BCUT2D eigenvalue weighted by atomic mass is 10.2. The highest BCUT2D eigenvalue weighted by Gasteiger charge is 2.28. The van der Waals surface area contributed by atoms with Crippen molar-refractivity contribution in [2.75, 3.05) is 6.54 Å². The summed E-state index contributed by atoms with van der Waals surface area (Å²) in [5.41, 5.74) is 0. The quantitative estimate of drug-likeness (QED) is 0.823. The molecule has 1 aliphatic rings. The Morgan fingerprint density at radius 1 is 1.35 bits per heavy atom. The van der Waals surface area contributed by atoms with Crippen LogP contribution in [-0.2, 0) is 14.4 Å². The normalized spacial score (nSPS) is 16.6. The summed E-state index contributed by atoms with van der Waals surface area (Å²) >= 11 is 0. The van der Waals surface area contributed by atoms with E-state index in [1.165, 1.54) is 0 Å². The van der Waals surface area contributed by atoms with Crippen LogP contribution in [-0.4, -0.2) is 29.2 Å². The van der Waals surface area contributed by atoms with Crippen LogP contribution in [0.2, 0.25) is 0 Å². The molecular formula is C14H18N2O4. The molecule has 3 amide bonds. The van der Waals surface area contributed by atoms with Gasteiger partial charge in [0.25, 0.3) is 0 Å². The van der Waals surface area contributed by atoms with Gasteiger partial charge in [-0.05, 0) is 26.0 Å². The van der Waals surface area contributed by atoms with Gasteiger partial charge in [-0.2, -0.15) is 0 Å². The van der Waals surface area contributed by atoms with Crippen LogP contribution < -0.4 is 5.32 Å². The number of imide groups is 1. The van der Waals surface area contributed by atoms with E-state index in [1.807, 2.05) is 26.0 Å². The minimum Gasteiger partial charge on any atom is -0.464 e. The van der Waals surface area contributed by atoms with E-state index in [2.05, 4.69) is 5.32 Å². The fourth-order valence-electron chi connectivity index (χ4n) is 2.16. The number of hydrogen-bond donors (Lipinski definition) is 1. The molecule has 0 aliphatic carbocycles. The minimum absolute atomic E-state index is 0.113. The van der Waals surface area contributed by atoms with Crippen LogP contribution >= 0.6 is 0 Å². The molecule has 1 aromatic rings. The number of nitrogens with zero attached hydrogens (tertiary/aromatic N) is 1. The van der Waals surface area contributed by atoms with Crippen LogP contribution in [0.15, 0.2) is 16.5 Å². The van der Waals surface area contributed by atoms with E-state index in [0.29, 0.717) is 5.76 Å². The molecule has 1 fully saturated rings. The lowest BCUT2D eigenvalue weighted by Gasteiger charge is -2.15. The zero-order chi connectivity index (χ0) is 14.7. The van der Waals surface area contributed by atoms with Crippen LogP contribution in [0.3, 0.4) is 0 Å². The number of carbonyl (C=O) groups is 3. The number of likely N-dealkylation sites (tertiary alicyclic amines) is 1. The van der Waals surface area contributed by atoms with Gasteiger partial charge in [0.2, 0.25) is 17.7 Å². The monoisotopic (exact) mass is 278 g/mol. The molecule has 1 aliphatic heterocycles. The molecule has 2 heterocycles. The van der Waals surface area contributed by atoms with Gasteiger partial charge in [0.15, 0.2) is 0 Å². The van der Waals surface area contributed by atoms with Gasteiger partial charge in [-0.1, -0.05) is 0 Å². The molecule has 1 aromatic heterocycles. The van der Waals surface area contributed by atoms with Crippen LogP contribution in [0, 0.1) is 6.92 Å². The molecule has 6 nitrogen and oxygen atoms in total. The van der Waals surface area contributed by atoms with Gasteiger partial charge in [0.05, 0.1) is 6.04 Å². The van der Waals surface area contributed by atoms with Gasteiger partial charge in [0.1, 0.15) is 11.5 Å². The molecule has 2 rings (SSSR count). The van der Waals surface area contributed by atoms with Crippen LogP contribution in [0.5, 0.6) is 0 Å². The molecule has 1 unspecified atom stereocenters. The van der Waals surface area contributed by atoms with E-state index in [0.717, 1.165) is 10.7 Å². The van der Waals surface area contributed by atoms with Crippen molar-refractivity contribution < 1.29 is 18.8 Å². The summed E-state index contributed by atoms with van der Waals surface area (Å²) in [6, 6.07) is 3.41. The Labute approximate surface area is 117 Å². The van der Waals surface area contributed by atoms with Crippen molar-refractivity contribution in [2.45, 2.75) is 39.2 Å². The van der Waals surface area contributed by atoms with Gasteiger partial charge in [-0.25, -0.2) is 0 Å². The Balaban J connectivity index is 1.81. The molecule has 0 radical (unpaired) electrons. The van der Waals surface area contributed by atoms with Crippen molar-refractivity contribution in [1.29, 1.82) is 0 Å². The van der Waals surface area contributed by atoms with E-state index in [1.54, 1.807) is 0 Å². The third-order valence-electron chi connectivity index (χ3n) is 3.28. The molecule has 0 saturated carbocycles. The maximum atomic E-state index is 11.8. The van der Waals surface area contributed by atoms with Crippen LogP contribution in [0.4, 0.5) is 0 Å². The second-order valence-electron chi connectivity index (χ2n) is 4.93. The number of hydrogen-bond acceptors (Lipinski definition) is 4. The highest BCUT2D eigenvalue weighted by atomic mass is 16.3. The first-order chi connectivity index (χ1) is 9.47. The predicted octanol–water partition coefficient (Wildman–Crippen LogP) is 1.30. The standard InChI is InChI=1S/C14H18N2O4/c1-9-3-4-11(20-9)10(2)15-12(17)7-8-16-13(18)5-6-14(16)19/h3-4,10H,5-8H2,1-2H3,(H,15,17). The van der Waals surface area contributed by atoms with Crippen LogP contribution in [0.25, 0.3) is 0 Å². The van der Waals surface area contributed by atoms with Gasteiger partial charge < -0.3 is 9.73 Å². The van der Waals surface area contributed by atoms with Crippen molar-refractivity contribution >= 4 is 17.7 Å². The Bertz CT molecular complexity index is 519. The van der Waals surface area contributed by atoms with E-state index >= 15 is 0 Å². The first-order valence-electron chi connectivity index (χ1n) is 6.66. The molecule has 0 aromatic carbocycles. The molecule has 1 atom stereocenters. The molecule has 20 heavy (non-hydrogen) atoms. The van der Waals surface area contributed by atoms with E-state index in [-0.39, 0.29) is 49.6 Å². The van der Waals surface area contributed by atoms with Crippen LogP contribution in [0.1, 0.15) is 43.7 Å². The molecule has 0 spiro atoms. The van der Waals surface area contributed by atoms with Crippen molar-refractivity contribution in [2.24, 2.45) is 0 Å². The number of nitrogens with one attached hydrogen (secondary N) is 1. The first-order valence-corrected chi connectivity index (χ1v) is 6.66. The Morgan fingerprint density at radius 2 is 2.00 bits per heavy atom. The Morgan fingerprint density at radius 3 is 2.55 bits per heavy atom. The number of carbonyl (C=O) groups excluding carboxylic acids is 3. The van der Waals surface area contributed by atoms with Gasteiger partial charge in [-0.15, -0.1) is 0 Å². The van der Waals surface area contributed by atoms with Gasteiger partial charge >= 0.3 is 0 Å². The molecule has 0 bridgehead atoms. The maximum absolute atomic E-state index is 11.8. The highest BCUT2D eigenvalue weighted by molar-refractivity contribution is 6.02. The summed E-state index contributed by atoms with van der Waals surface area (Å²) in [6.07, 6.45) is 0.618. The van der Waals surface area contributed by atoms with Crippen molar-refractivity contribution in [3.05, 3.63) is 23.7 Å². The number of aryl methyl sites for hydroxylation is 1. The lowest BCUT2D eigenvalue weighted by Crippen LogP contribution is -2.34. The third-order valence-corrected chi connectivity index (χ3v) is 3.28. The fraction of sp³-hybridized carbons (Fsp3) is 0.500. The molecule has 1 N–H and O–H groups in total. The van der Waals surface area contributed by atoms with E-state index < -0.39 is 0 Å². The smallest absolute Gasteiger partial charge is 0.229 e. The summed E-state index contributed by atoms with van der Waals surface area (Å²) in [6.45, 7) is 3.80. The maximum Gasteiger partial charge on any atom is 0.229 e. The van der Waals surface area contributed by atoms with Gasteiger partial charge in [0, 0.05) is 25.8 Å². The first kappa shape index (κ1) is 14.3. The highest BCUT2D eigenvalue weighted by Crippen LogP contribution is 2.16. The second kappa shape index (κ2) is 5.90. The van der Waals surface area contributed by atoms with Crippen molar-refractivity contribution in [1.82, 2.24) is 10.2 Å². The van der Waals surface area contributed by atoms with E-state index in [4.69, 9.17) is 4.42 Å². The average Bonchev–Trinajstić information content (AvgIpc) is 2.95. The summed E-state index contributed by atoms with van der Waals surface area (Å²) in [4.78, 5) is 35.8. The minimum atomic E-state index is -0.235. The number of amides is 3. The number of furan rings is 1. The zero-order valence-corrected chi connectivity index (χ0v) is 11.6. The topological polar surface area (TPSA) is 79.6 Å². The Hall–Kier alpha value is -2.11. The lowest BCUT2D eigenvalue weighted by molar-refractivity contribution is -0.138. The van der Waals surface area contributed by atoms with E-state index in [9.17, 15) is 14.4 Å². The predicted molar refractivity (Wildman–Crippen MR) is 70.6 cm³/mol. The SMILES string of the molecule is Cc1ccc(C(C)NC(=O)CCN2C(=O)CCC2=O)o1. The zero-order valence-electron chi connectivity index (χ0n) is 11.6. The molecule has 6 heteroatoms. The third kappa shape index (κ3) is 3.26. The molecule has 1 saturated heterocycles. The average molecular weight is 278 g/mol. The summed E-state index contributed by atoms with van der Waals surface area (Å²) in [5.74, 6) is 0.868. The second-order valence-corrected chi connectivity index (χ2v) is 4.93. The van der Waals surface area contributed by atoms with Crippen molar-refractivity contribution in [3.63, 3.8) is 0 Å². The largest absolute Gasteiger partial charge is 0.464 e. The summed E-state index contributed by atoms with van der Waals surface area (Å²) < 4.78 is 5.42. The Kier molecular flexibility index (Phi) is 4.22. The van der Waals surface area contributed by atoms with Crippen molar-refractivity contribution in [3.8, 4) is 0 Å². The molecular weight excluding hydrogens is 260 g/mol.